The van der Waals surface area contributed by atoms with E-state index in [9.17, 15) is 0 Å². The minimum absolute atomic E-state index is 0.364. The lowest BCUT2D eigenvalue weighted by Crippen LogP contribution is -2.49. The van der Waals surface area contributed by atoms with Gasteiger partial charge >= 0.3 is 0 Å². The van der Waals surface area contributed by atoms with Gasteiger partial charge in [-0.1, -0.05) is 17.9 Å². The van der Waals surface area contributed by atoms with Crippen LogP contribution in [0.25, 0.3) is 0 Å². The van der Waals surface area contributed by atoms with E-state index >= 15 is 0 Å². The molecule has 0 aliphatic carbocycles. The van der Waals surface area contributed by atoms with Gasteiger partial charge in [0.1, 0.15) is 5.75 Å². The summed E-state index contributed by atoms with van der Waals surface area (Å²) >= 11 is 0. The van der Waals surface area contributed by atoms with E-state index in [-0.39, 0.29) is 0 Å². The number of benzene rings is 1. The Morgan fingerprint density at radius 3 is 2.86 bits per heavy atom. The molecule has 1 heterocycles. The topological polar surface area (TPSA) is 41.7 Å². The Morgan fingerprint density at radius 2 is 2.19 bits per heavy atom. The number of hydrogen-bond donors (Lipinski definition) is 1. The maximum atomic E-state index is 5.46. The second-order valence-corrected chi connectivity index (χ2v) is 5.62. The summed E-state index contributed by atoms with van der Waals surface area (Å²) in [7, 11) is 3.85. The smallest absolute Gasteiger partial charge is 0.134 e. The first-order chi connectivity index (χ1) is 10.1. The molecular weight excluding hydrogens is 262 g/mol. The van der Waals surface area contributed by atoms with Crippen molar-refractivity contribution in [3.8, 4) is 17.6 Å². The van der Waals surface area contributed by atoms with Crippen LogP contribution in [-0.4, -0.2) is 56.2 Å². The molecule has 2 N–H and O–H groups in total. The highest BCUT2D eigenvalue weighted by Gasteiger charge is 2.21. The van der Waals surface area contributed by atoms with E-state index in [1.165, 1.54) is 5.56 Å². The summed E-state index contributed by atoms with van der Waals surface area (Å²) in [5.41, 5.74) is 7.65. The molecule has 1 fully saturated rings. The fourth-order valence-corrected chi connectivity index (χ4v) is 2.74. The van der Waals surface area contributed by atoms with Crippen LogP contribution in [0.4, 0.5) is 0 Å². The van der Waals surface area contributed by atoms with Gasteiger partial charge in [-0.3, -0.25) is 4.90 Å². The van der Waals surface area contributed by atoms with Crippen LogP contribution in [0.5, 0.6) is 5.75 Å². The summed E-state index contributed by atoms with van der Waals surface area (Å²) in [6.45, 7) is 6.96. The van der Waals surface area contributed by atoms with Crippen molar-refractivity contribution in [2.75, 3.05) is 40.3 Å². The summed E-state index contributed by atoms with van der Waals surface area (Å²) in [4.78, 5) is 4.90. The molecular formula is C17H25N3O. The number of nitrogens with zero attached hydrogens (tertiary/aromatic N) is 2. The minimum Gasteiger partial charge on any atom is -0.495 e. The van der Waals surface area contributed by atoms with Crippen molar-refractivity contribution in [3.63, 3.8) is 0 Å². The number of ether oxygens (including phenoxy) is 1. The molecule has 2 rings (SSSR count). The Hall–Kier alpha value is -1.54. The highest BCUT2D eigenvalue weighted by atomic mass is 16.5. The Morgan fingerprint density at radius 1 is 1.38 bits per heavy atom. The normalized spacial score (nSPS) is 19.9. The van der Waals surface area contributed by atoms with Crippen molar-refractivity contribution < 1.29 is 4.74 Å². The highest BCUT2D eigenvalue weighted by Crippen LogP contribution is 2.21. The lowest BCUT2D eigenvalue weighted by atomic mass is 10.1. The van der Waals surface area contributed by atoms with Crippen LogP contribution in [-0.2, 0) is 6.54 Å². The van der Waals surface area contributed by atoms with Crippen LogP contribution >= 0.6 is 0 Å². The SMILES string of the molecule is COc1ccc(CN2CCN(C)CC2C)cc1C#CCN. The Balaban J connectivity index is 2.13. The number of hydrogen-bond acceptors (Lipinski definition) is 4. The molecule has 0 bridgehead atoms. The molecule has 0 aromatic heterocycles. The van der Waals surface area contributed by atoms with Crippen molar-refractivity contribution >= 4 is 0 Å². The van der Waals surface area contributed by atoms with E-state index < -0.39 is 0 Å². The average molecular weight is 287 g/mol. The zero-order chi connectivity index (χ0) is 15.2. The van der Waals surface area contributed by atoms with Gasteiger partial charge in [-0.25, -0.2) is 0 Å². The van der Waals surface area contributed by atoms with Crippen LogP contribution in [0, 0.1) is 11.8 Å². The third kappa shape index (κ3) is 4.21. The van der Waals surface area contributed by atoms with Crippen molar-refractivity contribution in [3.05, 3.63) is 29.3 Å². The molecule has 114 valence electrons. The van der Waals surface area contributed by atoms with Crippen LogP contribution in [0.2, 0.25) is 0 Å². The third-order valence-electron chi connectivity index (χ3n) is 3.94. The number of piperazine rings is 1. The highest BCUT2D eigenvalue weighted by molar-refractivity contribution is 5.48. The van der Waals surface area contributed by atoms with E-state index in [1.54, 1.807) is 7.11 Å². The van der Waals surface area contributed by atoms with E-state index in [2.05, 4.69) is 47.7 Å². The fraction of sp³-hybridized carbons (Fsp3) is 0.529. The molecule has 4 nitrogen and oxygen atoms in total. The van der Waals surface area contributed by atoms with E-state index in [0.29, 0.717) is 12.6 Å². The molecule has 1 aromatic carbocycles. The Labute approximate surface area is 127 Å². The number of rotatable bonds is 3. The number of likely N-dealkylation sites (N-methyl/N-ethyl adjacent to an activating group) is 1. The molecule has 1 aliphatic heterocycles. The van der Waals surface area contributed by atoms with Crippen LogP contribution in [0.3, 0.4) is 0 Å². The zero-order valence-electron chi connectivity index (χ0n) is 13.2. The average Bonchev–Trinajstić information content (AvgIpc) is 2.48. The molecule has 1 unspecified atom stereocenters. The lowest BCUT2D eigenvalue weighted by molar-refractivity contribution is 0.0938. The predicted molar refractivity (Wildman–Crippen MR) is 86.3 cm³/mol. The second kappa shape index (κ2) is 7.46. The van der Waals surface area contributed by atoms with Gasteiger partial charge in [0.15, 0.2) is 0 Å². The van der Waals surface area contributed by atoms with Gasteiger partial charge in [0.2, 0.25) is 0 Å². The predicted octanol–water partition coefficient (Wildman–Crippen LogP) is 1.14. The first-order valence-corrected chi connectivity index (χ1v) is 7.42. The molecule has 0 radical (unpaired) electrons. The molecule has 1 aliphatic rings. The minimum atomic E-state index is 0.364. The largest absolute Gasteiger partial charge is 0.495 e. The molecule has 4 heteroatoms. The fourth-order valence-electron chi connectivity index (χ4n) is 2.74. The summed E-state index contributed by atoms with van der Waals surface area (Å²) in [5, 5.41) is 0. The summed E-state index contributed by atoms with van der Waals surface area (Å²) in [6, 6.07) is 6.81. The molecule has 1 saturated heterocycles. The van der Waals surface area contributed by atoms with Crippen molar-refractivity contribution in [1.82, 2.24) is 9.80 Å². The van der Waals surface area contributed by atoms with Crippen LogP contribution in [0.15, 0.2) is 18.2 Å². The molecule has 1 atom stereocenters. The van der Waals surface area contributed by atoms with Gasteiger partial charge in [0.25, 0.3) is 0 Å². The molecule has 1 aromatic rings. The van der Waals surface area contributed by atoms with Crippen molar-refractivity contribution in [1.29, 1.82) is 0 Å². The molecule has 21 heavy (non-hydrogen) atoms. The Kier molecular flexibility index (Phi) is 5.63. The zero-order valence-corrected chi connectivity index (χ0v) is 13.2. The quantitative estimate of drug-likeness (QED) is 0.847. The molecule has 0 saturated carbocycles. The van der Waals surface area contributed by atoms with Crippen LogP contribution < -0.4 is 10.5 Å². The first kappa shape index (κ1) is 15.8. The van der Waals surface area contributed by atoms with Crippen LogP contribution in [0.1, 0.15) is 18.1 Å². The van der Waals surface area contributed by atoms with Gasteiger partial charge in [-0.15, -0.1) is 0 Å². The van der Waals surface area contributed by atoms with E-state index in [4.69, 9.17) is 10.5 Å². The Bertz CT molecular complexity index is 533. The van der Waals surface area contributed by atoms with Crippen molar-refractivity contribution in [2.24, 2.45) is 5.73 Å². The second-order valence-electron chi connectivity index (χ2n) is 5.62. The van der Waals surface area contributed by atoms with E-state index in [0.717, 1.165) is 37.5 Å². The summed E-state index contributed by atoms with van der Waals surface area (Å²) in [6.07, 6.45) is 0. The monoisotopic (exact) mass is 287 g/mol. The molecule has 0 amide bonds. The lowest BCUT2D eigenvalue weighted by Gasteiger charge is -2.38. The first-order valence-electron chi connectivity index (χ1n) is 7.42. The van der Waals surface area contributed by atoms with Crippen molar-refractivity contribution in [2.45, 2.75) is 19.5 Å². The van der Waals surface area contributed by atoms with Gasteiger partial charge in [0.05, 0.1) is 19.2 Å². The number of nitrogens with two attached hydrogens (primary N) is 1. The maximum absolute atomic E-state index is 5.46. The molecule has 0 spiro atoms. The van der Waals surface area contributed by atoms with Gasteiger partial charge in [-0.05, 0) is 31.7 Å². The van der Waals surface area contributed by atoms with E-state index in [1.807, 2.05) is 6.07 Å². The van der Waals surface area contributed by atoms with Gasteiger partial charge in [0, 0.05) is 32.2 Å². The standard InChI is InChI=1S/C17H25N3O/c1-14-12-19(2)9-10-20(14)13-15-6-7-17(21-3)16(11-15)5-4-8-18/h6-7,11,14H,8-10,12-13,18H2,1-3H3. The summed E-state index contributed by atoms with van der Waals surface area (Å²) < 4.78 is 5.36. The maximum Gasteiger partial charge on any atom is 0.134 e. The van der Waals surface area contributed by atoms with Gasteiger partial charge < -0.3 is 15.4 Å². The third-order valence-corrected chi connectivity index (χ3v) is 3.94. The summed E-state index contributed by atoms with van der Waals surface area (Å²) in [5.74, 6) is 6.81. The number of methoxy groups -OCH3 is 1. The van der Waals surface area contributed by atoms with Gasteiger partial charge in [-0.2, -0.15) is 0 Å².